The maximum Gasteiger partial charge on any atom is 0.410 e. The van der Waals surface area contributed by atoms with Crippen LogP contribution in [0.15, 0.2) is 48.5 Å². The van der Waals surface area contributed by atoms with E-state index in [4.69, 9.17) is 14.2 Å². The van der Waals surface area contributed by atoms with Gasteiger partial charge in [0.05, 0.1) is 6.10 Å². The van der Waals surface area contributed by atoms with Gasteiger partial charge in [0, 0.05) is 19.1 Å². The van der Waals surface area contributed by atoms with E-state index in [0.29, 0.717) is 17.9 Å². The van der Waals surface area contributed by atoms with Crippen molar-refractivity contribution >= 4 is 12.1 Å². The number of carbonyl (C=O) groups is 2. The number of fused-ring (bicyclic) bond motifs is 2. The molecule has 49 heavy (non-hydrogen) atoms. The molecule has 3 fully saturated rings. The molecule has 2 aliphatic heterocycles. The molecule has 0 aromatic heterocycles. The molecular formula is C41H58N2O6. The number of likely N-dealkylation sites (tertiary alicyclic amines) is 2. The number of nitrogens with zero attached hydrogens (tertiary/aromatic N) is 2. The zero-order valence-corrected chi connectivity index (χ0v) is 29.6. The molecule has 2 aliphatic carbocycles. The Morgan fingerprint density at radius 2 is 1.71 bits per heavy atom. The highest BCUT2D eigenvalue weighted by Gasteiger charge is 2.45. The maximum absolute atomic E-state index is 13.4. The molecule has 0 spiro atoms. The third-order valence-corrected chi connectivity index (χ3v) is 11.8. The average molecular weight is 675 g/mol. The smallest absolute Gasteiger partial charge is 0.410 e. The lowest BCUT2D eigenvalue weighted by Crippen LogP contribution is -2.48. The third-order valence-electron chi connectivity index (χ3n) is 11.8. The number of piperidine rings is 2. The van der Waals surface area contributed by atoms with Gasteiger partial charge >= 0.3 is 12.1 Å². The highest BCUT2D eigenvalue weighted by Crippen LogP contribution is 2.48. The molecule has 2 aromatic carbocycles. The van der Waals surface area contributed by atoms with Gasteiger partial charge in [-0.3, -0.25) is 0 Å². The van der Waals surface area contributed by atoms with E-state index in [1.807, 2.05) is 47.4 Å². The predicted molar refractivity (Wildman–Crippen MR) is 190 cm³/mol. The van der Waals surface area contributed by atoms with Gasteiger partial charge in [-0.2, -0.15) is 0 Å². The Morgan fingerprint density at radius 3 is 2.49 bits per heavy atom. The second kappa shape index (κ2) is 17.7. The van der Waals surface area contributed by atoms with E-state index in [1.54, 1.807) is 0 Å². The van der Waals surface area contributed by atoms with Gasteiger partial charge in [-0.05, 0) is 124 Å². The Hall–Kier alpha value is -3.10. The fraction of sp³-hybridized carbons (Fsp3) is 0.659. The molecule has 0 bridgehead atoms. The van der Waals surface area contributed by atoms with Crippen molar-refractivity contribution < 1.29 is 28.9 Å². The SMILES string of the molecule is CCCCC[C@@H](CC[C@@H]1[C@H]2Cc3cccc(OCC(=O)OCc4ccccc4)c3C[C@H]2C[C@H]1O)OC(=O)N1CCC(N2CCCCC2)CC1. The van der Waals surface area contributed by atoms with E-state index in [-0.39, 0.29) is 43.4 Å². The number of rotatable bonds is 14. The van der Waals surface area contributed by atoms with Crippen LogP contribution in [0.25, 0.3) is 0 Å². The first-order valence-electron chi connectivity index (χ1n) is 19.3. The van der Waals surface area contributed by atoms with Crippen LogP contribution < -0.4 is 4.74 Å². The average Bonchev–Trinajstić information content (AvgIpc) is 3.45. The molecule has 1 N–H and O–H groups in total. The lowest BCUT2D eigenvalue weighted by Gasteiger charge is -2.40. The minimum absolute atomic E-state index is 0.109. The van der Waals surface area contributed by atoms with Gasteiger partial charge in [0.15, 0.2) is 6.61 Å². The second-order valence-corrected chi connectivity index (χ2v) is 15.0. The number of hydrogen-bond donors (Lipinski definition) is 1. The minimum Gasteiger partial charge on any atom is -0.482 e. The molecule has 8 heteroatoms. The number of amides is 1. The number of hydrogen-bond acceptors (Lipinski definition) is 7. The van der Waals surface area contributed by atoms with Crippen molar-refractivity contribution in [2.75, 3.05) is 32.8 Å². The largest absolute Gasteiger partial charge is 0.482 e. The van der Waals surface area contributed by atoms with Crippen LogP contribution in [0.3, 0.4) is 0 Å². The monoisotopic (exact) mass is 674 g/mol. The van der Waals surface area contributed by atoms with Crippen LogP contribution in [0.5, 0.6) is 5.75 Å². The summed E-state index contributed by atoms with van der Waals surface area (Å²) >= 11 is 0. The molecule has 2 aromatic rings. The van der Waals surface area contributed by atoms with Gasteiger partial charge in [-0.1, -0.05) is 68.7 Å². The Labute approximate surface area is 293 Å². The van der Waals surface area contributed by atoms with Crippen LogP contribution >= 0.6 is 0 Å². The molecule has 0 radical (unpaired) electrons. The lowest BCUT2D eigenvalue weighted by atomic mass is 9.73. The number of carbonyl (C=O) groups excluding carboxylic acids is 2. The summed E-state index contributed by atoms with van der Waals surface area (Å²) in [5.74, 6) is 1.29. The normalized spacial score (nSPS) is 24.9. The first-order valence-corrected chi connectivity index (χ1v) is 19.3. The molecule has 5 atom stereocenters. The standard InChI is InChI=1S/C41H58N2O6/c1-2-3-6-15-34(49-41(46)43-23-19-33(20-24-43)42-21-9-5-10-22-42)17-18-35-36-25-31-14-11-16-39(37(31)26-32(36)27-38(35)44)47-29-40(45)48-28-30-12-7-4-8-13-30/h4,7-8,11-14,16,32-36,38,44H,2-3,5-6,9-10,15,17-29H2,1H3/t32-,34-,35+,36-,38+/m0/s1. The third kappa shape index (κ3) is 9.57. The van der Waals surface area contributed by atoms with Crippen LogP contribution in [0.1, 0.15) is 101 Å². The van der Waals surface area contributed by atoms with E-state index < -0.39 is 0 Å². The predicted octanol–water partition coefficient (Wildman–Crippen LogP) is 7.34. The fourth-order valence-corrected chi connectivity index (χ4v) is 9.03. The molecule has 2 saturated heterocycles. The summed E-state index contributed by atoms with van der Waals surface area (Å²) < 4.78 is 17.7. The summed E-state index contributed by atoms with van der Waals surface area (Å²) in [5.41, 5.74) is 3.35. The van der Waals surface area contributed by atoms with Gasteiger partial charge in [0.25, 0.3) is 0 Å². The van der Waals surface area contributed by atoms with E-state index in [1.165, 1.54) is 37.9 Å². The van der Waals surface area contributed by atoms with Crippen molar-refractivity contribution in [1.29, 1.82) is 0 Å². The number of unbranched alkanes of at least 4 members (excludes halogenated alkanes) is 2. The summed E-state index contributed by atoms with van der Waals surface area (Å²) in [7, 11) is 0. The van der Waals surface area contributed by atoms with Crippen LogP contribution in [-0.2, 0) is 33.7 Å². The highest BCUT2D eigenvalue weighted by molar-refractivity contribution is 5.71. The zero-order chi connectivity index (χ0) is 34.0. The number of aliphatic hydroxyl groups is 1. The quantitative estimate of drug-likeness (QED) is 0.166. The van der Waals surface area contributed by atoms with Crippen LogP contribution in [-0.4, -0.2) is 78.0 Å². The van der Waals surface area contributed by atoms with Crippen LogP contribution in [0.2, 0.25) is 0 Å². The Balaban J connectivity index is 1.01. The number of aliphatic hydroxyl groups excluding tert-OH is 1. The molecule has 4 aliphatic rings. The van der Waals surface area contributed by atoms with E-state index in [2.05, 4.69) is 17.9 Å². The van der Waals surface area contributed by atoms with Crippen molar-refractivity contribution in [3.8, 4) is 5.75 Å². The van der Waals surface area contributed by atoms with Crippen molar-refractivity contribution in [2.24, 2.45) is 17.8 Å². The summed E-state index contributed by atoms with van der Waals surface area (Å²) in [5, 5.41) is 11.3. The summed E-state index contributed by atoms with van der Waals surface area (Å²) in [6, 6.07) is 16.4. The van der Waals surface area contributed by atoms with E-state index in [9.17, 15) is 14.7 Å². The first-order chi connectivity index (χ1) is 24.0. The summed E-state index contributed by atoms with van der Waals surface area (Å²) in [6.45, 7) is 6.29. The number of benzene rings is 2. The summed E-state index contributed by atoms with van der Waals surface area (Å²) in [6.07, 6.45) is 13.8. The van der Waals surface area contributed by atoms with Crippen molar-refractivity contribution in [1.82, 2.24) is 9.80 Å². The molecular weight excluding hydrogens is 616 g/mol. The Bertz CT molecular complexity index is 1340. The molecule has 1 amide bonds. The van der Waals surface area contributed by atoms with E-state index in [0.717, 1.165) is 101 Å². The molecule has 268 valence electrons. The van der Waals surface area contributed by atoms with Gasteiger partial charge < -0.3 is 29.1 Å². The fourth-order valence-electron chi connectivity index (χ4n) is 9.03. The molecule has 0 unspecified atom stereocenters. The van der Waals surface area contributed by atoms with Crippen LogP contribution in [0, 0.1) is 17.8 Å². The topological polar surface area (TPSA) is 88.5 Å². The molecule has 2 heterocycles. The zero-order valence-electron chi connectivity index (χ0n) is 29.6. The Kier molecular flexibility index (Phi) is 12.9. The van der Waals surface area contributed by atoms with Gasteiger partial charge in [-0.25, -0.2) is 9.59 Å². The van der Waals surface area contributed by atoms with Gasteiger partial charge in [0.1, 0.15) is 18.5 Å². The number of esters is 1. The van der Waals surface area contributed by atoms with Crippen molar-refractivity contribution in [2.45, 2.75) is 122 Å². The molecule has 8 nitrogen and oxygen atoms in total. The minimum atomic E-state index is -0.386. The van der Waals surface area contributed by atoms with Gasteiger partial charge in [0.2, 0.25) is 0 Å². The second-order valence-electron chi connectivity index (χ2n) is 15.0. The van der Waals surface area contributed by atoms with Crippen LogP contribution in [0.4, 0.5) is 4.79 Å². The highest BCUT2D eigenvalue weighted by atomic mass is 16.6. The molecule has 6 rings (SSSR count). The van der Waals surface area contributed by atoms with Crippen molar-refractivity contribution in [3.05, 3.63) is 65.2 Å². The maximum atomic E-state index is 13.4. The number of ether oxygens (including phenoxy) is 3. The lowest BCUT2D eigenvalue weighted by molar-refractivity contribution is -0.147. The van der Waals surface area contributed by atoms with E-state index >= 15 is 0 Å². The first kappa shape index (κ1) is 35.7. The summed E-state index contributed by atoms with van der Waals surface area (Å²) in [4.78, 5) is 30.4. The van der Waals surface area contributed by atoms with Gasteiger partial charge in [-0.15, -0.1) is 0 Å². The van der Waals surface area contributed by atoms with Crippen molar-refractivity contribution in [3.63, 3.8) is 0 Å². The molecule has 1 saturated carbocycles. The Morgan fingerprint density at radius 1 is 0.918 bits per heavy atom.